The maximum Gasteiger partial charge on any atom is 0.253 e. The van der Waals surface area contributed by atoms with E-state index in [1.807, 2.05) is 12.1 Å². The lowest BCUT2D eigenvalue weighted by molar-refractivity contribution is 0.0935. The van der Waals surface area contributed by atoms with Crippen molar-refractivity contribution in [3.05, 3.63) is 69.7 Å². The summed E-state index contributed by atoms with van der Waals surface area (Å²) in [5, 5.41) is 3.54. The minimum absolute atomic E-state index is 0.00641. The van der Waals surface area contributed by atoms with Gasteiger partial charge in [0.15, 0.2) is 0 Å². The van der Waals surface area contributed by atoms with E-state index in [4.69, 9.17) is 11.6 Å². The van der Waals surface area contributed by atoms with Gasteiger partial charge in [0.1, 0.15) is 0 Å². The van der Waals surface area contributed by atoms with Gasteiger partial charge >= 0.3 is 0 Å². The Morgan fingerprint density at radius 1 is 1.14 bits per heavy atom. The SMILES string of the molecule is CCC(NC(=O)c1ccccc1Cl)c1ccc(C)c(C)c1. The largest absolute Gasteiger partial charge is 0.345 e. The summed E-state index contributed by atoms with van der Waals surface area (Å²) in [4.78, 5) is 12.4. The molecule has 2 aromatic carbocycles. The van der Waals surface area contributed by atoms with Gasteiger partial charge in [0.05, 0.1) is 16.6 Å². The number of hydrogen-bond acceptors (Lipinski definition) is 1. The first-order chi connectivity index (χ1) is 10.0. The molecule has 1 N–H and O–H groups in total. The van der Waals surface area contributed by atoms with Crippen LogP contribution in [0.2, 0.25) is 5.02 Å². The molecule has 0 bridgehead atoms. The van der Waals surface area contributed by atoms with Gasteiger partial charge in [0.2, 0.25) is 0 Å². The van der Waals surface area contributed by atoms with Gasteiger partial charge in [0, 0.05) is 0 Å². The second kappa shape index (κ2) is 6.77. The van der Waals surface area contributed by atoms with Gasteiger partial charge in [-0.1, -0.05) is 48.9 Å². The maximum absolute atomic E-state index is 12.4. The fourth-order valence-electron chi connectivity index (χ4n) is 2.28. The summed E-state index contributed by atoms with van der Waals surface area (Å²) < 4.78 is 0. The van der Waals surface area contributed by atoms with Crippen LogP contribution in [0.4, 0.5) is 0 Å². The molecule has 0 spiro atoms. The number of nitrogens with one attached hydrogen (secondary N) is 1. The zero-order valence-corrected chi connectivity index (χ0v) is 13.4. The lowest BCUT2D eigenvalue weighted by Gasteiger charge is -2.19. The van der Waals surface area contributed by atoms with E-state index in [9.17, 15) is 4.79 Å². The zero-order chi connectivity index (χ0) is 15.4. The molecule has 0 aromatic heterocycles. The van der Waals surface area contributed by atoms with E-state index >= 15 is 0 Å². The van der Waals surface area contributed by atoms with Crippen LogP contribution in [-0.2, 0) is 0 Å². The number of carbonyl (C=O) groups excluding carboxylic acids is 1. The molecular weight excluding hydrogens is 282 g/mol. The Labute approximate surface area is 131 Å². The van der Waals surface area contributed by atoms with Crippen LogP contribution in [0.25, 0.3) is 0 Å². The molecule has 1 atom stereocenters. The number of benzene rings is 2. The third-order valence-corrected chi connectivity index (χ3v) is 4.09. The topological polar surface area (TPSA) is 29.1 Å². The standard InChI is InChI=1S/C18H20ClNO/c1-4-17(14-10-9-12(2)13(3)11-14)20-18(21)15-7-5-6-8-16(15)19/h5-11,17H,4H2,1-3H3,(H,20,21). The van der Waals surface area contributed by atoms with E-state index < -0.39 is 0 Å². The van der Waals surface area contributed by atoms with Crippen LogP contribution in [0.5, 0.6) is 0 Å². The van der Waals surface area contributed by atoms with Gasteiger partial charge in [-0.15, -0.1) is 0 Å². The lowest BCUT2D eigenvalue weighted by Crippen LogP contribution is -2.28. The highest BCUT2D eigenvalue weighted by Gasteiger charge is 2.16. The molecule has 21 heavy (non-hydrogen) atoms. The van der Waals surface area contributed by atoms with Crippen LogP contribution in [0.1, 0.15) is 46.4 Å². The molecule has 0 aliphatic carbocycles. The molecule has 0 aliphatic heterocycles. The van der Waals surface area contributed by atoms with Gasteiger partial charge in [-0.05, 0) is 49.1 Å². The van der Waals surface area contributed by atoms with E-state index in [2.05, 4.69) is 44.3 Å². The Morgan fingerprint density at radius 3 is 2.48 bits per heavy atom. The highest BCUT2D eigenvalue weighted by atomic mass is 35.5. The maximum atomic E-state index is 12.4. The number of amides is 1. The van der Waals surface area contributed by atoms with Crippen molar-refractivity contribution in [1.29, 1.82) is 0 Å². The van der Waals surface area contributed by atoms with E-state index in [0.29, 0.717) is 10.6 Å². The molecule has 0 fully saturated rings. The van der Waals surface area contributed by atoms with E-state index in [0.717, 1.165) is 12.0 Å². The molecule has 0 saturated heterocycles. The van der Waals surface area contributed by atoms with Gasteiger partial charge in [0.25, 0.3) is 5.91 Å². The molecule has 0 radical (unpaired) electrons. The number of carbonyl (C=O) groups is 1. The Kier molecular flexibility index (Phi) is 5.03. The lowest BCUT2D eigenvalue weighted by atomic mass is 9.99. The van der Waals surface area contributed by atoms with Crippen LogP contribution < -0.4 is 5.32 Å². The molecule has 2 nitrogen and oxygen atoms in total. The average molecular weight is 302 g/mol. The van der Waals surface area contributed by atoms with Crippen molar-refractivity contribution in [3.63, 3.8) is 0 Å². The van der Waals surface area contributed by atoms with E-state index in [1.165, 1.54) is 11.1 Å². The first kappa shape index (κ1) is 15.6. The van der Waals surface area contributed by atoms with Crippen LogP contribution in [0.3, 0.4) is 0 Å². The van der Waals surface area contributed by atoms with Crippen LogP contribution in [-0.4, -0.2) is 5.91 Å². The summed E-state index contributed by atoms with van der Waals surface area (Å²) in [6, 6.07) is 13.4. The van der Waals surface area contributed by atoms with Crippen molar-refractivity contribution < 1.29 is 4.79 Å². The second-order valence-electron chi connectivity index (χ2n) is 5.26. The molecular formula is C18H20ClNO. The number of halogens is 1. The molecule has 3 heteroatoms. The summed E-state index contributed by atoms with van der Waals surface area (Å²) in [5.74, 6) is -0.134. The Hall–Kier alpha value is -1.80. The first-order valence-electron chi connectivity index (χ1n) is 7.15. The quantitative estimate of drug-likeness (QED) is 0.860. The molecule has 2 rings (SSSR count). The molecule has 110 valence electrons. The molecule has 0 heterocycles. The third-order valence-electron chi connectivity index (χ3n) is 3.77. The number of rotatable bonds is 4. The number of hydrogen-bond donors (Lipinski definition) is 1. The van der Waals surface area contributed by atoms with Gasteiger partial charge in [-0.3, -0.25) is 4.79 Å². The predicted molar refractivity (Wildman–Crippen MR) is 87.9 cm³/mol. The van der Waals surface area contributed by atoms with Gasteiger partial charge in [-0.25, -0.2) is 0 Å². The second-order valence-corrected chi connectivity index (χ2v) is 5.67. The molecule has 2 aromatic rings. The van der Waals surface area contributed by atoms with Crippen LogP contribution in [0.15, 0.2) is 42.5 Å². The zero-order valence-electron chi connectivity index (χ0n) is 12.6. The minimum Gasteiger partial charge on any atom is -0.345 e. The predicted octanol–water partition coefficient (Wildman–Crippen LogP) is 4.84. The monoisotopic (exact) mass is 301 g/mol. The fourth-order valence-corrected chi connectivity index (χ4v) is 2.51. The van der Waals surface area contributed by atoms with Crippen LogP contribution in [0, 0.1) is 13.8 Å². The number of aryl methyl sites for hydroxylation is 2. The minimum atomic E-state index is -0.134. The van der Waals surface area contributed by atoms with Crippen LogP contribution >= 0.6 is 11.6 Å². The van der Waals surface area contributed by atoms with Gasteiger partial charge < -0.3 is 5.32 Å². The summed E-state index contributed by atoms with van der Waals surface area (Å²) in [5.41, 5.74) is 4.13. The molecule has 0 aliphatic rings. The van der Waals surface area contributed by atoms with Crippen molar-refractivity contribution in [3.8, 4) is 0 Å². The summed E-state index contributed by atoms with van der Waals surface area (Å²) in [7, 11) is 0. The summed E-state index contributed by atoms with van der Waals surface area (Å²) >= 11 is 6.08. The summed E-state index contributed by atoms with van der Waals surface area (Å²) in [6.07, 6.45) is 0.832. The smallest absolute Gasteiger partial charge is 0.253 e. The Morgan fingerprint density at radius 2 is 1.86 bits per heavy atom. The van der Waals surface area contributed by atoms with E-state index in [1.54, 1.807) is 12.1 Å². The Bertz CT molecular complexity index is 651. The Balaban J connectivity index is 2.21. The fraction of sp³-hybridized carbons (Fsp3) is 0.278. The highest BCUT2D eigenvalue weighted by Crippen LogP contribution is 2.22. The summed E-state index contributed by atoms with van der Waals surface area (Å²) in [6.45, 7) is 6.23. The van der Waals surface area contributed by atoms with Crippen molar-refractivity contribution in [2.24, 2.45) is 0 Å². The average Bonchev–Trinajstić information content (AvgIpc) is 2.48. The van der Waals surface area contributed by atoms with Crippen molar-refractivity contribution >= 4 is 17.5 Å². The van der Waals surface area contributed by atoms with Crippen molar-refractivity contribution in [2.45, 2.75) is 33.2 Å². The normalized spacial score (nSPS) is 12.0. The third kappa shape index (κ3) is 3.64. The van der Waals surface area contributed by atoms with Crippen molar-refractivity contribution in [2.75, 3.05) is 0 Å². The highest BCUT2D eigenvalue weighted by molar-refractivity contribution is 6.33. The van der Waals surface area contributed by atoms with Gasteiger partial charge in [-0.2, -0.15) is 0 Å². The van der Waals surface area contributed by atoms with E-state index in [-0.39, 0.29) is 11.9 Å². The molecule has 0 saturated carbocycles. The molecule has 1 amide bonds. The van der Waals surface area contributed by atoms with Crippen molar-refractivity contribution in [1.82, 2.24) is 5.32 Å². The molecule has 1 unspecified atom stereocenters. The first-order valence-corrected chi connectivity index (χ1v) is 7.53.